The Morgan fingerprint density at radius 2 is 0.969 bits per heavy atom. The Morgan fingerprint density at radius 3 is 1.62 bits per heavy atom. The molecule has 0 atom stereocenters. The van der Waals surface area contributed by atoms with Crippen LogP contribution >= 0.6 is 15.9 Å². The van der Waals surface area contributed by atoms with Gasteiger partial charge in [0.05, 0.1) is 0 Å². The highest BCUT2D eigenvalue weighted by molar-refractivity contribution is 9.10. The van der Waals surface area contributed by atoms with Crippen LogP contribution < -0.4 is 20.7 Å². The van der Waals surface area contributed by atoms with Crippen molar-refractivity contribution in [2.24, 2.45) is 0 Å². The molecule has 0 saturated carbocycles. The summed E-state index contributed by atoms with van der Waals surface area (Å²) in [6.07, 6.45) is 0. The van der Waals surface area contributed by atoms with Crippen LogP contribution in [0, 0.1) is 0 Å². The lowest BCUT2D eigenvalue weighted by Gasteiger charge is -2.31. The van der Waals surface area contributed by atoms with Crippen LogP contribution in [0.4, 0.5) is 0 Å². The summed E-state index contributed by atoms with van der Waals surface area (Å²) in [7, 11) is -2.37. The van der Waals surface area contributed by atoms with Crippen LogP contribution in [0.15, 0.2) is 132 Å². The Kier molecular flexibility index (Phi) is 4.71. The number of hydrogen-bond donors (Lipinski definition) is 0. The maximum atomic E-state index is 3.56. The van der Waals surface area contributed by atoms with E-state index in [1.165, 1.54) is 43.0 Å². The predicted octanol–water partition coefficient (Wildman–Crippen LogP) is 5.47. The van der Waals surface area contributed by atoms with Gasteiger partial charge < -0.3 is 0 Å². The van der Waals surface area contributed by atoms with Crippen LogP contribution in [0.25, 0.3) is 22.3 Å². The lowest BCUT2D eigenvalue weighted by molar-refractivity contribution is 1.60. The van der Waals surface area contributed by atoms with Crippen LogP contribution in [0.5, 0.6) is 0 Å². The highest BCUT2D eigenvalue weighted by Gasteiger charge is 2.48. The topological polar surface area (TPSA) is 0 Å². The maximum absolute atomic E-state index is 3.56. The number of fused-ring (bicyclic) bond motifs is 3. The number of benzene rings is 5. The summed E-state index contributed by atoms with van der Waals surface area (Å²) in [6.45, 7) is 0. The second kappa shape index (κ2) is 7.74. The zero-order valence-corrected chi connectivity index (χ0v) is 20.1. The van der Waals surface area contributed by atoms with E-state index in [9.17, 15) is 0 Å². The van der Waals surface area contributed by atoms with Gasteiger partial charge in [0.1, 0.15) is 0 Å². The fourth-order valence-corrected chi connectivity index (χ4v) is 10.7. The monoisotopic (exact) mass is 488 g/mol. The van der Waals surface area contributed by atoms with E-state index >= 15 is 0 Å². The molecule has 0 fully saturated rings. The molecule has 0 amide bonds. The van der Waals surface area contributed by atoms with Crippen molar-refractivity contribution in [3.8, 4) is 22.3 Å². The number of hydrogen-bond acceptors (Lipinski definition) is 0. The van der Waals surface area contributed by atoms with Gasteiger partial charge in [-0.2, -0.15) is 0 Å². The smallest absolute Gasteiger partial charge is 0.0623 e. The molecule has 2 heteroatoms. The minimum absolute atomic E-state index is 1.10. The number of rotatable bonds is 3. The molecule has 0 nitrogen and oxygen atoms in total. The molecule has 1 aliphatic heterocycles. The van der Waals surface area contributed by atoms with Crippen molar-refractivity contribution in [1.82, 2.24) is 0 Å². The molecule has 0 aliphatic carbocycles. The zero-order chi connectivity index (χ0) is 21.5. The van der Waals surface area contributed by atoms with Crippen molar-refractivity contribution in [1.29, 1.82) is 0 Å². The van der Waals surface area contributed by atoms with Crippen LogP contribution in [0.1, 0.15) is 0 Å². The standard InChI is InChI=1S/C30H21BrSi/c31-24-18-15-22(16-19-24)23-17-20-30-28(21-23)27-13-7-8-14-29(27)32(30,25-9-3-1-4-10-25)26-11-5-2-6-12-26/h1-21H. The first-order chi connectivity index (χ1) is 15.8. The van der Waals surface area contributed by atoms with Gasteiger partial charge in [-0.1, -0.05) is 125 Å². The summed E-state index contributed by atoms with van der Waals surface area (Å²) in [4.78, 5) is 0. The van der Waals surface area contributed by atoms with Crippen LogP contribution in [-0.4, -0.2) is 8.07 Å². The van der Waals surface area contributed by atoms with Crippen molar-refractivity contribution in [2.75, 3.05) is 0 Å². The Bertz CT molecular complexity index is 1370. The normalized spacial score (nSPS) is 13.4. The molecule has 1 heterocycles. The second-order valence-electron chi connectivity index (χ2n) is 8.29. The summed E-state index contributed by atoms with van der Waals surface area (Å²) < 4.78 is 1.10. The van der Waals surface area contributed by atoms with E-state index < -0.39 is 8.07 Å². The lowest BCUT2D eigenvalue weighted by atomic mass is 9.99. The van der Waals surface area contributed by atoms with Crippen molar-refractivity contribution < 1.29 is 0 Å². The van der Waals surface area contributed by atoms with Gasteiger partial charge in [-0.3, -0.25) is 0 Å². The predicted molar refractivity (Wildman–Crippen MR) is 142 cm³/mol. The minimum Gasteiger partial charge on any atom is -0.0623 e. The Balaban J connectivity index is 1.69. The maximum Gasteiger partial charge on any atom is 0.180 e. The van der Waals surface area contributed by atoms with Crippen LogP contribution in [0.3, 0.4) is 0 Å². The largest absolute Gasteiger partial charge is 0.180 e. The molecule has 0 spiro atoms. The zero-order valence-electron chi connectivity index (χ0n) is 17.5. The molecular weight excluding hydrogens is 468 g/mol. The molecule has 0 saturated heterocycles. The van der Waals surface area contributed by atoms with Gasteiger partial charge in [0.25, 0.3) is 0 Å². The summed E-state index contributed by atoms with van der Waals surface area (Å²) in [5.41, 5.74) is 5.25. The molecule has 152 valence electrons. The molecule has 0 aromatic heterocycles. The highest BCUT2D eigenvalue weighted by Crippen LogP contribution is 2.32. The SMILES string of the molecule is Brc1ccc(-c2ccc3c(c2)-c2ccccc2[Si]3(c2ccccc2)c2ccccc2)cc1. The molecule has 1 aliphatic rings. The summed E-state index contributed by atoms with van der Waals surface area (Å²) in [6, 6.07) is 47.0. The average molecular weight is 489 g/mol. The van der Waals surface area contributed by atoms with Gasteiger partial charge >= 0.3 is 0 Å². The van der Waals surface area contributed by atoms with Crippen LogP contribution in [0.2, 0.25) is 0 Å². The van der Waals surface area contributed by atoms with Gasteiger partial charge in [-0.05, 0) is 61.2 Å². The quantitative estimate of drug-likeness (QED) is 0.289. The first kappa shape index (κ1) is 19.5. The molecule has 5 aromatic rings. The summed E-state index contributed by atoms with van der Waals surface area (Å²) in [5, 5.41) is 5.85. The van der Waals surface area contributed by atoms with Crippen molar-refractivity contribution in [3.63, 3.8) is 0 Å². The lowest BCUT2D eigenvalue weighted by Crippen LogP contribution is -2.72. The van der Waals surface area contributed by atoms with E-state index in [2.05, 4.69) is 143 Å². The molecule has 0 radical (unpaired) electrons. The first-order valence-electron chi connectivity index (χ1n) is 10.9. The van der Waals surface area contributed by atoms with E-state index in [1.54, 1.807) is 0 Å². The van der Waals surface area contributed by atoms with Crippen molar-refractivity contribution in [3.05, 3.63) is 132 Å². The van der Waals surface area contributed by atoms with Crippen LogP contribution in [-0.2, 0) is 0 Å². The van der Waals surface area contributed by atoms with Gasteiger partial charge in [-0.25, -0.2) is 0 Å². The Hall–Kier alpha value is -3.20. The third kappa shape index (κ3) is 2.87. The van der Waals surface area contributed by atoms with Gasteiger partial charge in [0, 0.05) is 4.47 Å². The molecule has 0 bridgehead atoms. The van der Waals surface area contributed by atoms with E-state index in [0.29, 0.717) is 0 Å². The number of halogens is 1. The third-order valence-corrected chi connectivity index (χ3v) is 12.1. The molecular formula is C30H21BrSi. The van der Waals surface area contributed by atoms with Crippen molar-refractivity contribution in [2.45, 2.75) is 0 Å². The third-order valence-electron chi connectivity index (χ3n) is 6.64. The first-order valence-corrected chi connectivity index (χ1v) is 13.7. The fraction of sp³-hybridized carbons (Fsp3) is 0. The van der Waals surface area contributed by atoms with E-state index in [-0.39, 0.29) is 0 Å². The average Bonchev–Trinajstić information content (AvgIpc) is 3.16. The molecule has 5 aromatic carbocycles. The molecule has 32 heavy (non-hydrogen) atoms. The Labute approximate surface area is 198 Å². The minimum atomic E-state index is -2.37. The summed E-state index contributed by atoms with van der Waals surface area (Å²) >= 11 is 3.56. The fourth-order valence-electron chi connectivity index (χ4n) is 5.27. The molecule has 6 rings (SSSR count). The second-order valence-corrected chi connectivity index (χ2v) is 12.9. The molecule has 0 unspecified atom stereocenters. The highest BCUT2D eigenvalue weighted by atomic mass is 79.9. The van der Waals surface area contributed by atoms with E-state index in [4.69, 9.17) is 0 Å². The van der Waals surface area contributed by atoms with Crippen molar-refractivity contribution >= 4 is 44.8 Å². The van der Waals surface area contributed by atoms with E-state index in [1.807, 2.05) is 0 Å². The van der Waals surface area contributed by atoms with Gasteiger partial charge in [0.15, 0.2) is 8.07 Å². The Morgan fingerprint density at radius 1 is 0.438 bits per heavy atom. The molecule has 0 N–H and O–H groups in total. The van der Waals surface area contributed by atoms with E-state index in [0.717, 1.165) is 4.47 Å². The van der Waals surface area contributed by atoms with Gasteiger partial charge in [0.2, 0.25) is 0 Å². The summed E-state index contributed by atoms with van der Waals surface area (Å²) in [5.74, 6) is 0. The van der Waals surface area contributed by atoms with Gasteiger partial charge in [-0.15, -0.1) is 0 Å².